The van der Waals surface area contributed by atoms with E-state index in [4.69, 9.17) is 21.6 Å². The number of fused-ring (bicyclic) bond motifs is 1. The van der Waals surface area contributed by atoms with Crippen molar-refractivity contribution in [2.45, 2.75) is 90.6 Å². The summed E-state index contributed by atoms with van der Waals surface area (Å²) in [5.41, 5.74) is 3.85. The van der Waals surface area contributed by atoms with Crippen LogP contribution in [0.4, 0.5) is 5.82 Å². The van der Waals surface area contributed by atoms with Crippen molar-refractivity contribution < 1.29 is 0 Å². The van der Waals surface area contributed by atoms with Crippen LogP contribution in [0, 0.1) is 6.92 Å². The summed E-state index contributed by atoms with van der Waals surface area (Å²) in [7, 11) is 0. The molecule has 36 heavy (non-hydrogen) atoms. The van der Waals surface area contributed by atoms with Gasteiger partial charge in [0.25, 0.3) is 0 Å². The van der Waals surface area contributed by atoms with Crippen molar-refractivity contribution in [2.24, 2.45) is 0 Å². The fourth-order valence-electron chi connectivity index (χ4n) is 5.80. The highest BCUT2D eigenvalue weighted by Gasteiger charge is 2.29. The Morgan fingerprint density at radius 1 is 1.14 bits per heavy atom. The van der Waals surface area contributed by atoms with Gasteiger partial charge >= 0.3 is 5.69 Å². The van der Waals surface area contributed by atoms with E-state index < -0.39 is 0 Å². The van der Waals surface area contributed by atoms with Crippen molar-refractivity contribution in [3.05, 3.63) is 50.8 Å². The lowest BCUT2D eigenvalue weighted by molar-refractivity contribution is 0.423. The van der Waals surface area contributed by atoms with Gasteiger partial charge in [-0.3, -0.25) is 4.98 Å². The van der Waals surface area contributed by atoms with Crippen LogP contribution in [0.15, 0.2) is 23.1 Å². The lowest BCUT2D eigenvalue weighted by atomic mass is 9.86. The molecule has 4 heterocycles. The van der Waals surface area contributed by atoms with Crippen LogP contribution in [-0.2, 0) is 0 Å². The smallest absolute Gasteiger partial charge is 0.350 e. The number of nitrogens with zero attached hydrogens (tertiary/aromatic N) is 5. The van der Waals surface area contributed by atoms with Gasteiger partial charge in [-0.2, -0.15) is 4.98 Å². The summed E-state index contributed by atoms with van der Waals surface area (Å²) in [6.45, 7) is 12.1. The maximum absolute atomic E-state index is 13.9. The summed E-state index contributed by atoms with van der Waals surface area (Å²) in [5, 5.41) is 5.01. The van der Waals surface area contributed by atoms with E-state index in [9.17, 15) is 4.79 Å². The second-order valence-corrected chi connectivity index (χ2v) is 11.3. The highest BCUT2D eigenvalue weighted by Crippen LogP contribution is 2.38. The van der Waals surface area contributed by atoms with Crippen molar-refractivity contribution in [3.63, 3.8) is 0 Å². The van der Waals surface area contributed by atoms with Crippen LogP contribution in [0.25, 0.3) is 16.7 Å². The van der Waals surface area contributed by atoms with E-state index in [0.29, 0.717) is 28.4 Å². The number of nitrogens with one attached hydrogen (secondary N) is 1. The van der Waals surface area contributed by atoms with Crippen LogP contribution in [0.5, 0.6) is 0 Å². The quantitative estimate of drug-likeness (QED) is 0.501. The summed E-state index contributed by atoms with van der Waals surface area (Å²) < 4.78 is 1.69. The second-order valence-electron chi connectivity index (χ2n) is 10.9. The molecule has 1 N–H and O–H groups in total. The topological polar surface area (TPSA) is 75.9 Å². The zero-order valence-electron chi connectivity index (χ0n) is 22.0. The Bertz CT molecular complexity index is 1330. The Morgan fingerprint density at radius 3 is 2.61 bits per heavy atom. The Morgan fingerprint density at radius 2 is 1.89 bits per heavy atom. The first kappa shape index (κ1) is 25.2. The van der Waals surface area contributed by atoms with E-state index in [2.05, 4.69) is 42.9 Å². The molecule has 0 spiro atoms. The van der Waals surface area contributed by atoms with Crippen molar-refractivity contribution in [1.29, 1.82) is 0 Å². The molecule has 0 amide bonds. The van der Waals surface area contributed by atoms with Crippen LogP contribution in [0.1, 0.15) is 88.6 Å². The minimum absolute atomic E-state index is 0.140. The Balaban J connectivity index is 1.83. The third-order valence-electron chi connectivity index (χ3n) is 7.78. The van der Waals surface area contributed by atoms with Gasteiger partial charge in [0.05, 0.1) is 27.5 Å². The first-order chi connectivity index (χ1) is 17.3. The molecule has 8 heteroatoms. The minimum atomic E-state index is -0.321. The molecule has 1 aliphatic heterocycles. The van der Waals surface area contributed by atoms with Crippen LogP contribution in [0.3, 0.4) is 0 Å². The Labute approximate surface area is 218 Å². The molecular weight excluding hydrogens is 472 g/mol. The summed E-state index contributed by atoms with van der Waals surface area (Å²) in [5.74, 6) is 1.12. The molecule has 3 aromatic heterocycles. The normalized spacial score (nSPS) is 21.5. The third kappa shape index (κ3) is 4.52. The van der Waals surface area contributed by atoms with Crippen LogP contribution >= 0.6 is 11.6 Å². The predicted octanol–water partition coefficient (Wildman–Crippen LogP) is 5.50. The maximum atomic E-state index is 13.9. The molecule has 1 saturated heterocycles. The molecule has 0 aromatic carbocycles. The number of aryl methyl sites for hydroxylation is 1. The number of aromatic nitrogens is 4. The van der Waals surface area contributed by atoms with Gasteiger partial charge in [-0.05, 0) is 57.2 Å². The highest BCUT2D eigenvalue weighted by molar-refractivity contribution is 6.32. The van der Waals surface area contributed by atoms with Crippen molar-refractivity contribution >= 4 is 28.5 Å². The maximum Gasteiger partial charge on any atom is 0.355 e. The number of piperazine rings is 1. The SMILES string of the molecule is Cc1ccnc(C(C)C)c1-n1c(=O)nc(N2C[C@@H](C)NC[C@@H]2C)c2cc(Cl)c(C3CCCCC3)nc21. The molecule has 1 aliphatic carbocycles. The van der Waals surface area contributed by atoms with E-state index in [-0.39, 0.29) is 17.6 Å². The van der Waals surface area contributed by atoms with E-state index >= 15 is 0 Å². The molecule has 2 fully saturated rings. The van der Waals surface area contributed by atoms with E-state index in [1.807, 2.05) is 25.3 Å². The van der Waals surface area contributed by atoms with E-state index in [1.165, 1.54) is 19.3 Å². The molecule has 7 nitrogen and oxygen atoms in total. The first-order valence-corrected chi connectivity index (χ1v) is 13.7. The second kappa shape index (κ2) is 10.1. The van der Waals surface area contributed by atoms with Crippen molar-refractivity contribution in [1.82, 2.24) is 24.8 Å². The van der Waals surface area contributed by atoms with Crippen LogP contribution in [-0.4, -0.2) is 44.7 Å². The van der Waals surface area contributed by atoms with Crippen molar-refractivity contribution in [3.8, 4) is 5.69 Å². The zero-order chi connectivity index (χ0) is 25.6. The average Bonchev–Trinajstić information content (AvgIpc) is 2.86. The molecular formula is C28H37ClN6O. The fraction of sp³-hybridized carbons (Fsp3) is 0.571. The average molecular weight is 509 g/mol. The number of rotatable bonds is 4. The molecule has 2 aliphatic rings. The molecule has 3 aromatic rings. The minimum Gasteiger partial charge on any atom is -0.350 e. The number of anilines is 1. The zero-order valence-corrected chi connectivity index (χ0v) is 22.8. The molecule has 0 bridgehead atoms. The van der Waals surface area contributed by atoms with Crippen LogP contribution < -0.4 is 15.9 Å². The van der Waals surface area contributed by atoms with Crippen molar-refractivity contribution in [2.75, 3.05) is 18.0 Å². The van der Waals surface area contributed by atoms with Gasteiger partial charge in [0.1, 0.15) is 5.82 Å². The van der Waals surface area contributed by atoms with Gasteiger partial charge in [-0.15, -0.1) is 0 Å². The fourth-order valence-corrected chi connectivity index (χ4v) is 6.11. The summed E-state index contributed by atoms with van der Waals surface area (Å²) in [4.78, 5) is 30.7. The third-order valence-corrected chi connectivity index (χ3v) is 8.08. The molecule has 2 atom stereocenters. The summed E-state index contributed by atoms with van der Waals surface area (Å²) in [6.07, 6.45) is 7.59. The molecule has 192 valence electrons. The largest absolute Gasteiger partial charge is 0.355 e. The molecule has 0 unspecified atom stereocenters. The number of halogens is 1. The van der Waals surface area contributed by atoms with Gasteiger partial charge in [0.2, 0.25) is 0 Å². The molecule has 0 radical (unpaired) electrons. The van der Waals surface area contributed by atoms with Gasteiger partial charge in [0.15, 0.2) is 5.65 Å². The first-order valence-electron chi connectivity index (χ1n) is 13.3. The number of pyridine rings is 2. The number of hydrogen-bond donors (Lipinski definition) is 1. The lowest BCUT2D eigenvalue weighted by Gasteiger charge is -2.39. The Kier molecular flexibility index (Phi) is 7.05. The predicted molar refractivity (Wildman–Crippen MR) is 147 cm³/mol. The van der Waals surface area contributed by atoms with E-state index in [0.717, 1.165) is 54.0 Å². The summed E-state index contributed by atoms with van der Waals surface area (Å²) >= 11 is 6.94. The summed E-state index contributed by atoms with van der Waals surface area (Å²) in [6, 6.07) is 4.44. The Hall–Kier alpha value is -2.51. The van der Waals surface area contributed by atoms with Gasteiger partial charge < -0.3 is 10.2 Å². The molecule has 1 saturated carbocycles. The lowest BCUT2D eigenvalue weighted by Crippen LogP contribution is -2.55. The number of hydrogen-bond acceptors (Lipinski definition) is 6. The molecule has 5 rings (SSSR count). The van der Waals surface area contributed by atoms with E-state index in [1.54, 1.807) is 4.57 Å². The van der Waals surface area contributed by atoms with Gasteiger partial charge in [-0.1, -0.05) is 44.7 Å². The van der Waals surface area contributed by atoms with Gasteiger partial charge in [-0.25, -0.2) is 14.3 Å². The monoisotopic (exact) mass is 508 g/mol. The van der Waals surface area contributed by atoms with Crippen LogP contribution in [0.2, 0.25) is 5.02 Å². The highest BCUT2D eigenvalue weighted by atomic mass is 35.5. The van der Waals surface area contributed by atoms with Gasteiger partial charge in [0, 0.05) is 37.3 Å². The standard InChI is InChI=1S/C28H37ClN6O/c1-16(2)23-25(17(3)11-12-30-23)35-27-21(13-22(29)24(32-27)20-9-7-6-8-10-20)26(33-28(35)36)34-15-18(4)31-14-19(34)5/h11-13,16,18-20,31H,6-10,14-15H2,1-5H3/t18-,19+/m1/s1.